The predicted molar refractivity (Wildman–Crippen MR) is 180 cm³/mol. The van der Waals surface area contributed by atoms with Gasteiger partial charge in [0.1, 0.15) is 24.2 Å². The first-order valence-corrected chi connectivity index (χ1v) is 17.4. The third kappa shape index (κ3) is 8.37. The number of benzene rings is 4. The van der Waals surface area contributed by atoms with Gasteiger partial charge in [-0.15, -0.1) is 0 Å². The standard InChI is InChI=1S/C37H40FN3O5S/c1-2-46-35-24-14-13-23-33(35)41(47(44,45)31-20-7-4-8-21-31)27-36(42)40(26-29-17-9-12-22-32(29)38)34(25-28-15-5-3-6-16-28)37(43)39-30-18-10-11-19-30/h3-9,12-17,20-24,30,34H,2,10-11,18-19,25-27H2,1H3,(H,39,43)/t34-/m1/s1. The molecule has 10 heteroatoms. The van der Waals surface area contributed by atoms with Gasteiger partial charge in [0.25, 0.3) is 10.0 Å². The van der Waals surface area contributed by atoms with Crippen LogP contribution in [0.25, 0.3) is 0 Å². The number of ether oxygens (including phenoxy) is 1. The molecule has 5 rings (SSSR count). The molecule has 1 saturated carbocycles. The van der Waals surface area contributed by atoms with Gasteiger partial charge in [-0.25, -0.2) is 12.8 Å². The van der Waals surface area contributed by atoms with E-state index in [1.165, 1.54) is 23.1 Å². The van der Waals surface area contributed by atoms with Crippen LogP contribution in [0.5, 0.6) is 5.75 Å². The van der Waals surface area contributed by atoms with Crippen LogP contribution in [0.4, 0.5) is 10.1 Å². The predicted octanol–water partition coefficient (Wildman–Crippen LogP) is 6.12. The third-order valence-electron chi connectivity index (χ3n) is 8.32. The zero-order valence-corrected chi connectivity index (χ0v) is 27.2. The van der Waals surface area contributed by atoms with Crippen molar-refractivity contribution in [2.24, 2.45) is 0 Å². The fourth-order valence-electron chi connectivity index (χ4n) is 5.91. The maximum absolute atomic E-state index is 15.1. The van der Waals surface area contributed by atoms with Crippen LogP contribution < -0.4 is 14.4 Å². The van der Waals surface area contributed by atoms with Crippen molar-refractivity contribution in [3.8, 4) is 5.75 Å². The highest BCUT2D eigenvalue weighted by atomic mass is 32.2. The number of amides is 2. The first-order chi connectivity index (χ1) is 22.8. The van der Waals surface area contributed by atoms with E-state index in [1.807, 2.05) is 30.3 Å². The Kier molecular flexibility index (Phi) is 11.3. The number of carbonyl (C=O) groups excluding carboxylic acids is 2. The number of carbonyl (C=O) groups is 2. The molecule has 0 radical (unpaired) electrons. The topological polar surface area (TPSA) is 96.0 Å². The van der Waals surface area contributed by atoms with Gasteiger partial charge in [-0.05, 0) is 55.7 Å². The number of hydrogen-bond donors (Lipinski definition) is 1. The van der Waals surface area contributed by atoms with E-state index >= 15 is 4.39 Å². The summed E-state index contributed by atoms with van der Waals surface area (Å²) < 4.78 is 50.4. The van der Waals surface area contributed by atoms with E-state index in [2.05, 4.69) is 5.32 Å². The van der Waals surface area contributed by atoms with Crippen LogP contribution in [0.2, 0.25) is 0 Å². The molecule has 0 unspecified atom stereocenters. The fraction of sp³-hybridized carbons (Fsp3) is 0.297. The van der Waals surface area contributed by atoms with Crippen LogP contribution in [0.1, 0.15) is 43.7 Å². The maximum atomic E-state index is 15.1. The first-order valence-electron chi connectivity index (χ1n) is 15.9. The van der Waals surface area contributed by atoms with Crippen molar-refractivity contribution in [3.05, 3.63) is 126 Å². The molecule has 246 valence electrons. The first kappa shape index (κ1) is 33.7. The van der Waals surface area contributed by atoms with E-state index in [0.29, 0.717) is 0 Å². The summed E-state index contributed by atoms with van der Waals surface area (Å²) in [5.41, 5.74) is 1.19. The molecule has 1 N–H and O–H groups in total. The molecule has 1 fully saturated rings. The highest BCUT2D eigenvalue weighted by molar-refractivity contribution is 7.92. The lowest BCUT2D eigenvalue weighted by Gasteiger charge is -2.34. The van der Waals surface area contributed by atoms with Gasteiger partial charge >= 0.3 is 0 Å². The van der Waals surface area contributed by atoms with Crippen LogP contribution >= 0.6 is 0 Å². The molecule has 0 heterocycles. The Labute approximate surface area is 276 Å². The van der Waals surface area contributed by atoms with Crippen LogP contribution in [-0.2, 0) is 32.6 Å². The molecular formula is C37H40FN3O5S. The van der Waals surface area contributed by atoms with Crippen molar-refractivity contribution in [2.45, 2.75) is 62.6 Å². The zero-order valence-electron chi connectivity index (χ0n) is 26.4. The average molecular weight is 658 g/mol. The summed E-state index contributed by atoms with van der Waals surface area (Å²) in [7, 11) is -4.30. The normalized spacial score (nSPS) is 13.9. The Bertz CT molecular complexity index is 1750. The summed E-state index contributed by atoms with van der Waals surface area (Å²) in [4.78, 5) is 30.0. The molecule has 4 aromatic rings. The minimum Gasteiger partial charge on any atom is -0.492 e. The molecule has 4 aromatic carbocycles. The van der Waals surface area contributed by atoms with E-state index in [9.17, 15) is 18.0 Å². The van der Waals surface area contributed by atoms with Gasteiger partial charge in [-0.3, -0.25) is 13.9 Å². The Balaban J connectivity index is 1.59. The van der Waals surface area contributed by atoms with E-state index in [-0.39, 0.29) is 53.4 Å². The number of halogens is 1. The Morgan fingerprint density at radius 3 is 2.17 bits per heavy atom. The van der Waals surface area contributed by atoms with Crippen molar-refractivity contribution < 1.29 is 27.1 Å². The summed E-state index contributed by atoms with van der Waals surface area (Å²) >= 11 is 0. The molecule has 1 aliphatic rings. The quantitative estimate of drug-likeness (QED) is 0.176. The lowest BCUT2D eigenvalue weighted by Crippen LogP contribution is -2.54. The molecule has 0 bridgehead atoms. The Hall–Kier alpha value is -4.70. The van der Waals surface area contributed by atoms with E-state index < -0.39 is 34.3 Å². The fourth-order valence-corrected chi connectivity index (χ4v) is 7.35. The summed E-state index contributed by atoms with van der Waals surface area (Å²) in [6, 6.07) is 28.7. The van der Waals surface area contributed by atoms with Gasteiger partial charge in [-0.2, -0.15) is 0 Å². The van der Waals surface area contributed by atoms with Crippen molar-refractivity contribution in [3.63, 3.8) is 0 Å². The second-order valence-electron chi connectivity index (χ2n) is 11.5. The SMILES string of the molecule is CCOc1ccccc1N(CC(=O)N(Cc1ccccc1F)[C@H](Cc1ccccc1)C(=O)NC1CCCC1)S(=O)(=O)c1ccccc1. The lowest BCUT2D eigenvalue weighted by molar-refractivity contribution is -0.140. The summed E-state index contributed by atoms with van der Waals surface area (Å²) in [5, 5.41) is 3.12. The molecule has 8 nitrogen and oxygen atoms in total. The van der Waals surface area contributed by atoms with Gasteiger partial charge in [0.2, 0.25) is 11.8 Å². The summed E-state index contributed by atoms with van der Waals surface area (Å²) in [6.07, 6.45) is 3.82. The molecule has 1 atom stereocenters. The molecule has 0 aliphatic heterocycles. The van der Waals surface area contributed by atoms with Crippen molar-refractivity contribution in [1.29, 1.82) is 0 Å². The number of anilines is 1. The summed E-state index contributed by atoms with van der Waals surface area (Å²) in [6.45, 7) is 1.15. The molecule has 1 aliphatic carbocycles. The second kappa shape index (κ2) is 15.7. The highest BCUT2D eigenvalue weighted by Gasteiger charge is 2.36. The lowest BCUT2D eigenvalue weighted by atomic mass is 10.0. The van der Waals surface area contributed by atoms with Crippen molar-refractivity contribution >= 4 is 27.5 Å². The number of hydrogen-bond acceptors (Lipinski definition) is 5. The Morgan fingerprint density at radius 2 is 1.49 bits per heavy atom. The second-order valence-corrected chi connectivity index (χ2v) is 13.4. The van der Waals surface area contributed by atoms with Crippen molar-refractivity contribution in [1.82, 2.24) is 10.2 Å². The van der Waals surface area contributed by atoms with Crippen LogP contribution in [0, 0.1) is 5.82 Å². The maximum Gasteiger partial charge on any atom is 0.264 e. The van der Waals surface area contributed by atoms with Gasteiger partial charge in [0, 0.05) is 24.6 Å². The van der Waals surface area contributed by atoms with Crippen LogP contribution in [0.3, 0.4) is 0 Å². The molecule has 0 saturated heterocycles. The van der Waals surface area contributed by atoms with Crippen LogP contribution in [-0.4, -0.2) is 50.4 Å². The average Bonchev–Trinajstić information content (AvgIpc) is 3.60. The number of para-hydroxylation sites is 2. The molecule has 47 heavy (non-hydrogen) atoms. The number of nitrogens with zero attached hydrogens (tertiary/aromatic N) is 2. The molecule has 0 spiro atoms. The smallest absolute Gasteiger partial charge is 0.264 e. The van der Waals surface area contributed by atoms with Gasteiger partial charge in [-0.1, -0.05) is 91.7 Å². The van der Waals surface area contributed by atoms with E-state index in [0.717, 1.165) is 35.6 Å². The van der Waals surface area contributed by atoms with E-state index in [4.69, 9.17) is 4.74 Å². The largest absolute Gasteiger partial charge is 0.492 e. The van der Waals surface area contributed by atoms with Crippen molar-refractivity contribution in [2.75, 3.05) is 17.5 Å². The van der Waals surface area contributed by atoms with Crippen LogP contribution in [0.15, 0.2) is 114 Å². The zero-order chi connectivity index (χ0) is 33.2. The Morgan fingerprint density at radius 1 is 0.872 bits per heavy atom. The van der Waals surface area contributed by atoms with Gasteiger partial charge < -0.3 is 15.0 Å². The van der Waals surface area contributed by atoms with Gasteiger partial charge in [0.05, 0.1) is 17.2 Å². The minimum atomic E-state index is -4.30. The third-order valence-corrected chi connectivity index (χ3v) is 10.1. The van der Waals surface area contributed by atoms with E-state index in [1.54, 1.807) is 67.6 Å². The number of rotatable bonds is 14. The number of sulfonamides is 1. The minimum absolute atomic E-state index is 0.0143. The number of nitrogens with one attached hydrogen (secondary N) is 1. The molecular weight excluding hydrogens is 617 g/mol. The molecule has 0 aromatic heterocycles. The summed E-state index contributed by atoms with van der Waals surface area (Å²) in [5.74, 6) is -1.28. The molecule has 2 amide bonds. The monoisotopic (exact) mass is 657 g/mol. The van der Waals surface area contributed by atoms with Gasteiger partial charge in [0.15, 0.2) is 0 Å². The highest BCUT2D eigenvalue weighted by Crippen LogP contribution is 2.33.